The average molecular weight is 478 g/mol. The molecule has 4 rings (SSSR count). The lowest BCUT2D eigenvalue weighted by atomic mass is 10.2. The first kappa shape index (κ1) is 23.1. The molecule has 1 unspecified atom stereocenters. The Bertz CT molecular complexity index is 1310. The number of hydrogen-bond acceptors (Lipinski definition) is 6. The van der Waals surface area contributed by atoms with Gasteiger partial charge in [0.05, 0.1) is 16.7 Å². The Balaban J connectivity index is 1.58. The second-order valence-electron chi connectivity index (χ2n) is 7.44. The monoisotopic (exact) mass is 477 g/mol. The molecule has 3 aromatic carbocycles. The van der Waals surface area contributed by atoms with Gasteiger partial charge in [-0.1, -0.05) is 48.2 Å². The number of thioether (sulfide) groups is 1. The van der Waals surface area contributed by atoms with Crippen LogP contribution in [0.15, 0.2) is 84.0 Å². The standard InChI is InChI=1S/C24H20FN5O3S/c1-16(23(31)26-20-8-5-9-21(14-20)30(32)33)34-24-28-27-22(18-10-12-19(25)13-11-18)29(24)15-17-6-3-2-4-7-17/h2-14,16H,15H2,1H3,(H,26,31). The fourth-order valence-corrected chi connectivity index (χ4v) is 4.10. The molecule has 1 N–H and O–H groups in total. The van der Waals surface area contributed by atoms with Crippen LogP contribution in [-0.4, -0.2) is 30.8 Å². The highest BCUT2D eigenvalue weighted by Crippen LogP contribution is 2.29. The molecule has 0 saturated carbocycles. The summed E-state index contributed by atoms with van der Waals surface area (Å²) in [5.41, 5.74) is 1.95. The quantitative estimate of drug-likeness (QED) is 0.214. The number of amides is 1. The van der Waals surface area contributed by atoms with Crippen LogP contribution in [0.4, 0.5) is 15.8 Å². The number of nitrogens with one attached hydrogen (secondary N) is 1. The zero-order valence-electron chi connectivity index (χ0n) is 18.1. The Hall–Kier alpha value is -4.05. The van der Waals surface area contributed by atoms with Gasteiger partial charge in [-0.3, -0.25) is 19.5 Å². The molecular weight excluding hydrogens is 457 g/mol. The minimum atomic E-state index is -0.570. The number of hydrogen-bond donors (Lipinski definition) is 1. The topological polar surface area (TPSA) is 103 Å². The SMILES string of the molecule is CC(Sc1nnc(-c2ccc(F)cc2)n1Cc1ccccc1)C(=O)Nc1cccc([N+](=O)[O-])c1. The summed E-state index contributed by atoms with van der Waals surface area (Å²) in [6.07, 6.45) is 0. The summed E-state index contributed by atoms with van der Waals surface area (Å²) < 4.78 is 15.3. The predicted octanol–water partition coefficient (Wildman–Crippen LogP) is 5.16. The van der Waals surface area contributed by atoms with Crippen molar-refractivity contribution in [1.82, 2.24) is 14.8 Å². The van der Waals surface area contributed by atoms with E-state index in [-0.39, 0.29) is 17.4 Å². The normalized spacial score (nSPS) is 11.7. The van der Waals surface area contributed by atoms with Crippen molar-refractivity contribution in [3.8, 4) is 11.4 Å². The number of carbonyl (C=O) groups is 1. The molecule has 0 aliphatic heterocycles. The summed E-state index contributed by atoms with van der Waals surface area (Å²) >= 11 is 1.22. The first-order chi connectivity index (χ1) is 16.4. The number of carbonyl (C=O) groups excluding carboxylic acids is 1. The van der Waals surface area contributed by atoms with E-state index < -0.39 is 10.2 Å². The Morgan fingerprint density at radius 1 is 1.09 bits per heavy atom. The summed E-state index contributed by atoms with van der Waals surface area (Å²) in [6.45, 7) is 2.18. The van der Waals surface area contributed by atoms with Crippen molar-refractivity contribution in [3.05, 3.63) is 100 Å². The smallest absolute Gasteiger partial charge is 0.271 e. The molecular formula is C24H20FN5O3S. The molecule has 8 nitrogen and oxygen atoms in total. The van der Waals surface area contributed by atoms with Gasteiger partial charge in [0.1, 0.15) is 5.82 Å². The van der Waals surface area contributed by atoms with Gasteiger partial charge in [-0.2, -0.15) is 0 Å². The highest BCUT2D eigenvalue weighted by Gasteiger charge is 2.22. The Labute approximate surface area is 199 Å². The third-order valence-electron chi connectivity index (χ3n) is 4.98. The van der Waals surface area contributed by atoms with Crippen molar-refractivity contribution in [2.45, 2.75) is 23.9 Å². The van der Waals surface area contributed by atoms with Crippen LogP contribution in [-0.2, 0) is 11.3 Å². The van der Waals surface area contributed by atoms with E-state index in [0.29, 0.717) is 28.8 Å². The van der Waals surface area contributed by atoms with Crippen LogP contribution in [0, 0.1) is 15.9 Å². The Morgan fingerprint density at radius 3 is 2.53 bits per heavy atom. The number of nitro groups is 1. The molecule has 1 atom stereocenters. The fourth-order valence-electron chi connectivity index (χ4n) is 3.25. The first-order valence-electron chi connectivity index (χ1n) is 10.4. The van der Waals surface area contributed by atoms with Crippen molar-refractivity contribution in [3.63, 3.8) is 0 Å². The number of benzene rings is 3. The van der Waals surface area contributed by atoms with Gasteiger partial charge in [-0.05, 0) is 42.8 Å². The summed E-state index contributed by atoms with van der Waals surface area (Å²) in [7, 11) is 0. The zero-order valence-corrected chi connectivity index (χ0v) is 18.9. The fraction of sp³-hybridized carbons (Fsp3) is 0.125. The molecule has 0 fully saturated rings. The van der Waals surface area contributed by atoms with Gasteiger partial charge in [0, 0.05) is 23.4 Å². The zero-order chi connectivity index (χ0) is 24.1. The van der Waals surface area contributed by atoms with Crippen LogP contribution in [0.2, 0.25) is 0 Å². The maximum Gasteiger partial charge on any atom is 0.271 e. The van der Waals surface area contributed by atoms with E-state index in [4.69, 9.17) is 0 Å². The van der Waals surface area contributed by atoms with Gasteiger partial charge in [-0.15, -0.1) is 10.2 Å². The molecule has 0 bridgehead atoms. The van der Waals surface area contributed by atoms with Crippen molar-refractivity contribution < 1.29 is 14.1 Å². The number of non-ortho nitro benzene ring substituents is 1. The molecule has 1 heterocycles. The molecule has 10 heteroatoms. The number of aromatic nitrogens is 3. The second kappa shape index (κ2) is 10.3. The third-order valence-corrected chi connectivity index (χ3v) is 6.06. The minimum absolute atomic E-state index is 0.107. The number of halogens is 1. The van der Waals surface area contributed by atoms with Crippen molar-refractivity contribution in [2.75, 3.05) is 5.32 Å². The molecule has 0 radical (unpaired) electrons. The van der Waals surface area contributed by atoms with E-state index in [1.807, 2.05) is 34.9 Å². The van der Waals surface area contributed by atoms with E-state index >= 15 is 0 Å². The lowest BCUT2D eigenvalue weighted by Gasteiger charge is -2.14. The van der Waals surface area contributed by atoms with Crippen molar-refractivity contribution in [1.29, 1.82) is 0 Å². The third kappa shape index (κ3) is 5.46. The Morgan fingerprint density at radius 2 is 1.82 bits per heavy atom. The summed E-state index contributed by atoms with van der Waals surface area (Å²) in [5.74, 6) is -0.125. The van der Waals surface area contributed by atoms with Gasteiger partial charge in [0.2, 0.25) is 5.91 Å². The van der Waals surface area contributed by atoms with Crippen LogP contribution in [0.5, 0.6) is 0 Å². The molecule has 1 aromatic heterocycles. The summed E-state index contributed by atoms with van der Waals surface area (Å²) in [4.78, 5) is 23.3. The largest absolute Gasteiger partial charge is 0.325 e. The number of anilines is 1. The highest BCUT2D eigenvalue weighted by atomic mass is 32.2. The molecule has 1 amide bonds. The molecule has 0 spiro atoms. The average Bonchev–Trinajstić information content (AvgIpc) is 3.22. The predicted molar refractivity (Wildman–Crippen MR) is 128 cm³/mol. The number of nitro benzene ring substituents is 1. The van der Waals surface area contributed by atoms with Gasteiger partial charge in [0.15, 0.2) is 11.0 Å². The van der Waals surface area contributed by atoms with Crippen LogP contribution >= 0.6 is 11.8 Å². The summed E-state index contributed by atoms with van der Waals surface area (Å²) in [5, 5.41) is 22.2. The van der Waals surface area contributed by atoms with Crippen molar-refractivity contribution >= 4 is 29.0 Å². The van der Waals surface area contributed by atoms with Crippen LogP contribution in [0.3, 0.4) is 0 Å². The van der Waals surface area contributed by atoms with Gasteiger partial charge in [-0.25, -0.2) is 4.39 Å². The first-order valence-corrected chi connectivity index (χ1v) is 11.2. The summed E-state index contributed by atoms with van der Waals surface area (Å²) in [6, 6.07) is 21.5. The maximum absolute atomic E-state index is 13.4. The number of rotatable bonds is 8. The second-order valence-corrected chi connectivity index (χ2v) is 8.75. The molecule has 0 saturated heterocycles. The van der Waals surface area contributed by atoms with E-state index in [0.717, 1.165) is 5.56 Å². The number of nitrogens with zero attached hydrogens (tertiary/aromatic N) is 4. The maximum atomic E-state index is 13.4. The molecule has 172 valence electrons. The Kier molecular flexibility index (Phi) is 6.98. The van der Waals surface area contributed by atoms with Crippen LogP contribution < -0.4 is 5.32 Å². The van der Waals surface area contributed by atoms with Gasteiger partial charge >= 0.3 is 0 Å². The van der Waals surface area contributed by atoms with Gasteiger partial charge < -0.3 is 5.32 Å². The van der Waals surface area contributed by atoms with Crippen LogP contribution in [0.25, 0.3) is 11.4 Å². The molecule has 4 aromatic rings. The minimum Gasteiger partial charge on any atom is -0.325 e. The highest BCUT2D eigenvalue weighted by molar-refractivity contribution is 8.00. The van der Waals surface area contributed by atoms with E-state index in [1.165, 1.54) is 42.1 Å². The van der Waals surface area contributed by atoms with Crippen molar-refractivity contribution in [2.24, 2.45) is 0 Å². The van der Waals surface area contributed by atoms with E-state index in [9.17, 15) is 19.3 Å². The van der Waals surface area contributed by atoms with E-state index in [1.54, 1.807) is 25.1 Å². The molecule has 0 aliphatic carbocycles. The molecule has 34 heavy (non-hydrogen) atoms. The van der Waals surface area contributed by atoms with Gasteiger partial charge in [0.25, 0.3) is 5.69 Å². The van der Waals surface area contributed by atoms with Crippen LogP contribution in [0.1, 0.15) is 12.5 Å². The lowest BCUT2D eigenvalue weighted by Crippen LogP contribution is -2.23. The molecule has 0 aliphatic rings. The lowest BCUT2D eigenvalue weighted by molar-refractivity contribution is -0.384. The van der Waals surface area contributed by atoms with E-state index in [2.05, 4.69) is 15.5 Å².